The number of nitrogen functional groups attached to an aromatic ring is 1. The molecular formula is C13H11BrClFN2O2S. The van der Waals surface area contributed by atoms with Gasteiger partial charge in [-0.05, 0) is 42.8 Å². The van der Waals surface area contributed by atoms with Crippen LogP contribution in [0.2, 0.25) is 5.02 Å². The van der Waals surface area contributed by atoms with Gasteiger partial charge in [0.05, 0.1) is 10.7 Å². The Labute approximate surface area is 135 Å². The van der Waals surface area contributed by atoms with Gasteiger partial charge in [0.2, 0.25) is 0 Å². The van der Waals surface area contributed by atoms with Crippen LogP contribution in [0, 0.1) is 12.7 Å². The first-order valence-electron chi connectivity index (χ1n) is 5.74. The van der Waals surface area contributed by atoms with Crippen LogP contribution in [0.4, 0.5) is 15.8 Å². The molecule has 0 saturated heterocycles. The van der Waals surface area contributed by atoms with Crippen LogP contribution in [0.25, 0.3) is 0 Å². The molecule has 0 aromatic heterocycles. The maximum absolute atomic E-state index is 13.9. The number of anilines is 2. The molecule has 0 spiro atoms. The second kappa shape index (κ2) is 5.82. The number of rotatable bonds is 3. The van der Waals surface area contributed by atoms with Crippen molar-refractivity contribution >= 4 is 48.9 Å². The molecule has 0 radical (unpaired) electrons. The lowest BCUT2D eigenvalue weighted by molar-refractivity contribution is 0.570. The van der Waals surface area contributed by atoms with Crippen molar-refractivity contribution in [3.8, 4) is 0 Å². The highest BCUT2D eigenvalue weighted by Crippen LogP contribution is 2.29. The highest BCUT2D eigenvalue weighted by molar-refractivity contribution is 9.10. The number of hydrogen-bond donors (Lipinski definition) is 2. The van der Waals surface area contributed by atoms with E-state index in [1.54, 1.807) is 13.0 Å². The zero-order valence-corrected chi connectivity index (χ0v) is 14.0. The molecule has 0 aliphatic carbocycles. The van der Waals surface area contributed by atoms with Gasteiger partial charge >= 0.3 is 0 Å². The molecule has 112 valence electrons. The number of hydrogen-bond acceptors (Lipinski definition) is 3. The minimum absolute atomic E-state index is 0.151. The van der Waals surface area contributed by atoms with Gasteiger partial charge in [-0.15, -0.1) is 0 Å². The summed E-state index contributed by atoms with van der Waals surface area (Å²) >= 11 is 9.16. The fraction of sp³-hybridized carbons (Fsp3) is 0.0769. The van der Waals surface area contributed by atoms with E-state index in [1.807, 2.05) is 0 Å². The van der Waals surface area contributed by atoms with Gasteiger partial charge in [0.25, 0.3) is 10.0 Å². The molecule has 0 saturated carbocycles. The molecule has 21 heavy (non-hydrogen) atoms. The van der Waals surface area contributed by atoms with Crippen molar-refractivity contribution in [3.63, 3.8) is 0 Å². The summed E-state index contributed by atoms with van der Waals surface area (Å²) in [5.41, 5.74) is 6.45. The third-order valence-corrected chi connectivity index (χ3v) is 4.97. The standard InChI is InChI=1S/C13H11BrClFN2O2S/c1-7-4-10(16)13(6-11(7)17)21(19,20)18-12-3-2-8(14)5-9(12)15/h2-6,18H,17H2,1H3. The molecular weight excluding hydrogens is 383 g/mol. The van der Waals surface area contributed by atoms with E-state index in [0.29, 0.717) is 10.0 Å². The third-order valence-electron chi connectivity index (χ3n) is 2.79. The summed E-state index contributed by atoms with van der Waals surface area (Å²) in [6, 6.07) is 6.77. The summed E-state index contributed by atoms with van der Waals surface area (Å²) in [5.74, 6) is -0.873. The average Bonchev–Trinajstić information content (AvgIpc) is 2.37. The Balaban J connectivity index is 2.46. The lowest BCUT2D eigenvalue weighted by atomic mass is 10.2. The molecule has 2 aromatic carbocycles. The second-order valence-electron chi connectivity index (χ2n) is 4.37. The number of halogens is 3. The van der Waals surface area contributed by atoms with Gasteiger partial charge in [-0.3, -0.25) is 4.72 Å². The van der Waals surface area contributed by atoms with Crippen LogP contribution in [0.1, 0.15) is 5.56 Å². The molecule has 2 aromatic rings. The van der Waals surface area contributed by atoms with Crippen molar-refractivity contribution in [2.45, 2.75) is 11.8 Å². The minimum Gasteiger partial charge on any atom is -0.398 e. The van der Waals surface area contributed by atoms with Crippen molar-refractivity contribution in [3.05, 3.63) is 51.2 Å². The number of nitrogens with two attached hydrogens (primary N) is 1. The highest BCUT2D eigenvalue weighted by atomic mass is 79.9. The number of nitrogens with one attached hydrogen (secondary N) is 1. The highest BCUT2D eigenvalue weighted by Gasteiger charge is 2.21. The van der Waals surface area contributed by atoms with Crippen LogP contribution in [-0.4, -0.2) is 8.42 Å². The maximum atomic E-state index is 13.9. The lowest BCUT2D eigenvalue weighted by Crippen LogP contribution is -2.15. The van der Waals surface area contributed by atoms with Crippen LogP contribution < -0.4 is 10.5 Å². The molecule has 8 heteroatoms. The number of benzene rings is 2. The van der Waals surface area contributed by atoms with Crippen LogP contribution in [0.3, 0.4) is 0 Å². The zero-order chi connectivity index (χ0) is 15.8. The monoisotopic (exact) mass is 392 g/mol. The Morgan fingerprint density at radius 1 is 1.29 bits per heavy atom. The Bertz CT molecular complexity index is 812. The normalized spacial score (nSPS) is 11.4. The smallest absolute Gasteiger partial charge is 0.264 e. The third kappa shape index (κ3) is 3.48. The van der Waals surface area contributed by atoms with E-state index in [-0.39, 0.29) is 16.4 Å². The number of aryl methyl sites for hydroxylation is 1. The summed E-state index contributed by atoms with van der Waals surface area (Å²) in [4.78, 5) is -0.524. The van der Waals surface area contributed by atoms with E-state index in [0.717, 1.165) is 12.1 Å². The fourth-order valence-corrected chi connectivity index (χ4v) is 3.60. The Morgan fingerprint density at radius 2 is 1.95 bits per heavy atom. The minimum atomic E-state index is -4.12. The van der Waals surface area contributed by atoms with Gasteiger partial charge in [-0.2, -0.15) is 0 Å². The van der Waals surface area contributed by atoms with Crippen molar-refractivity contribution < 1.29 is 12.8 Å². The van der Waals surface area contributed by atoms with Gasteiger partial charge in [0.1, 0.15) is 10.7 Å². The largest absolute Gasteiger partial charge is 0.398 e. The summed E-state index contributed by atoms with van der Waals surface area (Å²) in [5, 5.41) is 0.188. The van der Waals surface area contributed by atoms with Crippen LogP contribution >= 0.6 is 27.5 Å². The van der Waals surface area contributed by atoms with Crippen molar-refractivity contribution in [2.24, 2.45) is 0 Å². The molecule has 0 bridgehead atoms. The van der Waals surface area contributed by atoms with Gasteiger partial charge < -0.3 is 5.73 Å². The first-order valence-corrected chi connectivity index (χ1v) is 8.39. The average molecular weight is 394 g/mol. The summed E-state index contributed by atoms with van der Waals surface area (Å²) < 4.78 is 41.3. The predicted octanol–water partition coefficient (Wildman–Crippen LogP) is 3.93. The molecule has 0 fully saturated rings. The summed E-state index contributed by atoms with van der Waals surface area (Å²) in [7, 11) is -4.12. The van der Waals surface area contributed by atoms with E-state index >= 15 is 0 Å². The quantitative estimate of drug-likeness (QED) is 0.776. The van der Waals surface area contributed by atoms with E-state index in [4.69, 9.17) is 17.3 Å². The molecule has 0 heterocycles. The Morgan fingerprint density at radius 3 is 2.57 bits per heavy atom. The van der Waals surface area contributed by atoms with E-state index in [9.17, 15) is 12.8 Å². The maximum Gasteiger partial charge on any atom is 0.264 e. The van der Waals surface area contributed by atoms with Crippen molar-refractivity contribution in [2.75, 3.05) is 10.5 Å². The van der Waals surface area contributed by atoms with Gasteiger partial charge in [-0.25, -0.2) is 12.8 Å². The molecule has 0 unspecified atom stereocenters. The molecule has 0 atom stereocenters. The summed E-state index contributed by atoms with van der Waals surface area (Å²) in [6.07, 6.45) is 0. The lowest BCUT2D eigenvalue weighted by Gasteiger charge is -2.12. The van der Waals surface area contributed by atoms with Gasteiger partial charge in [0.15, 0.2) is 0 Å². The zero-order valence-electron chi connectivity index (χ0n) is 10.8. The second-order valence-corrected chi connectivity index (χ2v) is 7.34. The van der Waals surface area contributed by atoms with E-state index < -0.39 is 20.7 Å². The van der Waals surface area contributed by atoms with Crippen LogP contribution in [0.15, 0.2) is 39.7 Å². The molecule has 0 amide bonds. The first kappa shape index (κ1) is 16.1. The van der Waals surface area contributed by atoms with Crippen LogP contribution in [0.5, 0.6) is 0 Å². The molecule has 2 rings (SSSR count). The van der Waals surface area contributed by atoms with Gasteiger partial charge in [0, 0.05) is 10.2 Å². The molecule has 0 aliphatic heterocycles. The van der Waals surface area contributed by atoms with E-state index in [2.05, 4.69) is 20.7 Å². The predicted molar refractivity (Wildman–Crippen MR) is 85.5 cm³/mol. The molecule has 4 nitrogen and oxygen atoms in total. The topological polar surface area (TPSA) is 72.2 Å². The van der Waals surface area contributed by atoms with Crippen molar-refractivity contribution in [1.82, 2.24) is 0 Å². The first-order chi connectivity index (χ1) is 9.70. The number of sulfonamides is 1. The fourth-order valence-electron chi connectivity index (χ4n) is 1.65. The van der Waals surface area contributed by atoms with Gasteiger partial charge in [-0.1, -0.05) is 27.5 Å². The molecule has 0 aliphatic rings. The SMILES string of the molecule is Cc1cc(F)c(S(=O)(=O)Nc2ccc(Br)cc2Cl)cc1N. The summed E-state index contributed by atoms with van der Waals surface area (Å²) in [6.45, 7) is 1.59. The van der Waals surface area contributed by atoms with Crippen molar-refractivity contribution in [1.29, 1.82) is 0 Å². The van der Waals surface area contributed by atoms with E-state index in [1.165, 1.54) is 12.1 Å². The Kier molecular flexibility index (Phi) is 4.46. The van der Waals surface area contributed by atoms with Crippen LogP contribution in [-0.2, 0) is 10.0 Å². The molecule has 3 N–H and O–H groups in total. The Hall–Kier alpha value is -1.31.